The van der Waals surface area contributed by atoms with Crippen LogP contribution in [-0.4, -0.2) is 92.5 Å². The zero-order chi connectivity index (χ0) is 35.2. The SMILES string of the molecule is CCOC(=O)c1ccc(-n2ccc(O[CH2][Ge]([CH3])([CH3])[CH3])n2)nc1Cl.CCOC(=O)c1ccc(Cl)nc1Cl.[CH3][Ge]([CH3])([CH3])[CH2]Oc1ccn[nH]1. The summed E-state index contributed by atoms with van der Waals surface area (Å²) in [5.41, 5.74) is 2.10. The van der Waals surface area contributed by atoms with Gasteiger partial charge in [-0.25, -0.2) is 9.78 Å². The Morgan fingerprint density at radius 3 is 1.81 bits per heavy atom. The van der Waals surface area contributed by atoms with Crippen molar-refractivity contribution in [2.75, 3.05) is 24.1 Å². The van der Waals surface area contributed by atoms with Crippen LogP contribution in [0.1, 0.15) is 34.6 Å². The van der Waals surface area contributed by atoms with E-state index in [0.29, 0.717) is 18.3 Å². The van der Waals surface area contributed by atoms with Crippen LogP contribution in [0.2, 0.25) is 50.0 Å². The Morgan fingerprint density at radius 2 is 1.32 bits per heavy atom. The molecule has 4 aromatic heterocycles. The third-order valence-corrected chi connectivity index (χ3v) is 10.3. The minimum atomic E-state index is -1.78. The molecule has 4 aromatic rings. The molecular weight excluding hydrogens is 792 g/mol. The molecule has 0 bridgehead atoms. The number of carbonyl (C=O) groups is 2. The third-order valence-electron chi connectivity index (χ3n) is 5.23. The van der Waals surface area contributed by atoms with E-state index in [0.717, 1.165) is 16.8 Å². The maximum absolute atomic E-state index is 11.7. The van der Waals surface area contributed by atoms with E-state index in [9.17, 15) is 9.59 Å². The molecule has 0 atom stereocenters. The molecule has 4 heterocycles. The van der Waals surface area contributed by atoms with Gasteiger partial charge in [0, 0.05) is 0 Å². The van der Waals surface area contributed by atoms with Gasteiger partial charge in [-0.15, -0.1) is 0 Å². The van der Waals surface area contributed by atoms with Crippen molar-refractivity contribution in [2.24, 2.45) is 0 Å². The number of H-pyrrole nitrogens is 1. The molecule has 256 valence electrons. The van der Waals surface area contributed by atoms with Crippen molar-refractivity contribution in [2.45, 2.75) is 48.4 Å². The molecule has 0 spiro atoms. The standard InChI is InChI=1S/C15H20ClGeN3O3.C8H7Cl2NO2.C7H14GeN2O/c1-5-22-15(21)11-6-7-12(18-14(11)16)20-9-8-13(19-20)23-10-17(2,3)4;1-2-13-8(12)5-3-4-6(9)11-7(5)10;1-8(2,3)6-11-7-4-5-9-10-7/h6-9H,5,10H2,1-4H3;3-4H,2H2,1H3;4-5H,6H2,1-3H3,(H,9,10). The van der Waals surface area contributed by atoms with Crippen LogP contribution < -0.4 is 9.47 Å². The van der Waals surface area contributed by atoms with Crippen molar-refractivity contribution in [1.29, 1.82) is 0 Å². The molecule has 47 heavy (non-hydrogen) atoms. The van der Waals surface area contributed by atoms with Gasteiger partial charge in [0.05, 0.1) is 12.2 Å². The molecule has 0 unspecified atom stereocenters. The molecule has 0 saturated carbocycles. The van der Waals surface area contributed by atoms with Gasteiger partial charge >= 0.3 is 211 Å². The number of carbonyl (C=O) groups excluding carboxylic acids is 2. The van der Waals surface area contributed by atoms with Crippen LogP contribution in [0.5, 0.6) is 11.8 Å². The Kier molecular flexibility index (Phi) is 16.6. The number of hydrogen-bond donors (Lipinski definition) is 1. The second kappa shape index (κ2) is 19.3. The quantitative estimate of drug-likeness (QED) is 0.0913. The van der Waals surface area contributed by atoms with E-state index in [2.05, 4.69) is 59.8 Å². The predicted octanol–water partition coefficient (Wildman–Crippen LogP) is 7.58. The van der Waals surface area contributed by atoms with E-state index in [1.807, 2.05) is 6.07 Å². The van der Waals surface area contributed by atoms with Gasteiger partial charge in [-0.05, 0) is 26.0 Å². The summed E-state index contributed by atoms with van der Waals surface area (Å²) in [6, 6.07) is 9.83. The molecular formula is C30H41Cl3Ge2N6O6. The number of hydrogen-bond acceptors (Lipinski definition) is 10. The van der Waals surface area contributed by atoms with Gasteiger partial charge in [0.1, 0.15) is 10.3 Å². The first kappa shape index (κ1) is 40.4. The summed E-state index contributed by atoms with van der Waals surface area (Å²) in [6.07, 6.45) is 3.44. The molecule has 17 heteroatoms. The summed E-state index contributed by atoms with van der Waals surface area (Å²) in [7, 11) is 0. The number of nitrogens with zero attached hydrogens (tertiary/aromatic N) is 5. The first-order valence-electron chi connectivity index (χ1n) is 14.7. The van der Waals surface area contributed by atoms with Gasteiger partial charge in [-0.1, -0.05) is 23.2 Å². The first-order chi connectivity index (χ1) is 22.0. The first-order valence-corrected chi connectivity index (χ1v) is 31.4. The average molecular weight is 833 g/mol. The summed E-state index contributed by atoms with van der Waals surface area (Å²) < 4.78 is 22.4. The number of aromatic nitrogens is 6. The molecule has 0 fully saturated rings. The van der Waals surface area contributed by atoms with Crippen LogP contribution in [0.25, 0.3) is 5.82 Å². The van der Waals surface area contributed by atoms with E-state index >= 15 is 0 Å². The number of esters is 2. The van der Waals surface area contributed by atoms with Crippen molar-refractivity contribution in [1.82, 2.24) is 29.9 Å². The molecule has 0 aromatic carbocycles. The number of nitrogens with one attached hydrogen (secondary N) is 1. The van der Waals surface area contributed by atoms with Crippen LogP contribution in [0.15, 0.2) is 48.8 Å². The number of rotatable bonds is 11. The summed E-state index contributed by atoms with van der Waals surface area (Å²) >= 11 is 14.0. The van der Waals surface area contributed by atoms with Crippen molar-refractivity contribution in [3.8, 4) is 17.6 Å². The predicted molar refractivity (Wildman–Crippen MR) is 189 cm³/mol. The van der Waals surface area contributed by atoms with Gasteiger partial charge in [0.25, 0.3) is 0 Å². The van der Waals surface area contributed by atoms with Crippen LogP contribution >= 0.6 is 34.8 Å². The number of aromatic amines is 1. The second-order valence-electron chi connectivity index (χ2n) is 12.1. The zero-order valence-corrected chi connectivity index (χ0v) is 34.2. The van der Waals surface area contributed by atoms with Crippen molar-refractivity contribution < 1.29 is 28.5 Å². The Labute approximate surface area is 295 Å². The molecule has 0 amide bonds. The number of pyridine rings is 2. The Hall–Kier alpha value is -2.78. The van der Waals surface area contributed by atoms with Gasteiger partial charge in [-0.3, -0.25) is 0 Å². The second-order valence-corrected chi connectivity index (χ2v) is 35.9. The fraction of sp³-hybridized carbons (Fsp3) is 0.400. The number of ether oxygens (including phenoxy) is 4. The minimum absolute atomic E-state index is 0.0611. The molecule has 0 radical (unpaired) electrons. The fourth-order valence-corrected chi connectivity index (χ4v) is 6.21. The summed E-state index contributed by atoms with van der Waals surface area (Å²) in [5, 5.41) is 11.3. The maximum atomic E-state index is 11.7. The molecule has 0 aliphatic carbocycles. The van der Waals surface area contributed by atoms with E-state index in [-0.39, 0.29) is 33.2 Å². The zero-order valence-electron chi connectivity index (χ0n) is 27.8. The topological polar surface area (TPSA) is 143 Å². The Bertz CT molecular complexity index is 1580. The van der Waals surface area contributed by atoms with Crippen LogP contribution in [0.3, 0.4) is 0 Å². The van der Waals surface area contributed by atoms with Crippen LogP contribution in [0.4, 0.5) is 0 Å². The van der Waals surface area contributed by atoms with Crippen molar-refractivity contribution in [3.63, 3.8) is 0 Å². The number of halogens is 3. The molecule has 12 nitrogen and oxygen atoms in total. The van der Waals surface area contributed by atoms with E-state index < -0.39 is 38.5 Å². The van der Waals surface area contributed by atoms with Gasteiger partial charge in [-0.2, -0.15) is 0 Å². The molecule has 4 rings (SSSR count). The van der Waals surface area contributed by atoms with Gasteiger partial charge in [0.15, 0.2) is 0 Å². The normalized spacial score (nSPS) is 11.0. The van der Waals surface area contributed by atoms with E-state index in [1.54, 1.807) is 49.1 Å². The van der Waals surface area contributed by atoms with Crippen molar-refractivity contribution >= 4 is 73.3 Å². The monoisotopic (exact) mass is 834 g/mol. The Morgan fingerprint density at radius 1 is 0.766 bits per heavy atom. The molecule has 0 aliphatic heterocycles. The summed E-state index contributed by atoms with van der Waals surface area (Å²) in [6.45, 7) is 4.04. The average Bonchev–Trinajstić information content (AvgIpc) is 3.68. The van der Waals surface area contributed by atoms with Crippen molar-refractivity contribution in [3.05, 3.63) is 75.4 Å². The molecule has 0 aliphatic rings. The molecule has 0 saturated heterocycles. The van der Waals surface area contributed by atoms with E-state index in [4.69, 9.17) is 53.8 Å². The van der Waals surface area contributed by atoms with Gasteiger partial charge < -0.3 is 4.74 Å². The third kappa shape index (κ3) is 15.3. The Balaban J connectivity index is 0.000000270. The van der Waals surface area contributed by atoms with Crippen LogP contribution in [0, 0.1) is 0 Å². The van der Waals surface area contributed by atoms with Crippen LogP contribution in [-0.2, 0) is 9.47 Å². The summed E-state index contributed by atoms with van der Waals surface area (Å²) in [5.74, 6) is 14.6. The van der Waals surface area contributed by atoms with E-state index in [1.165, 1.54) is 12.1 Å². The fourth-order valence-electron chi connectivity index (χ4n) is 3.11. The molecule has 1 N–H and O–H groups in total. The van der Waals surface area contributed by atoms with Gasteiger partial charge in [0.2, 0.25) is 0 Å². The summed E-state index contributed by atoms with van der Waals surface area (Å²) in [4.78, 5) is 30.8.